The van der Waals surface area contributed by atoms with E-state index >= 15 is 0 Å². The second-order valence-corrected chi connectivity index (χ2v) is 2.93. The number of carbonyl (C=O) groups is 1. The topological polar surface area (TPSA) is 17.1 Å². The highest BCUT2D eigenvalue weighted by atomic mass is 19.1. The molecule has 0 saturated carbocycles. The van der Waals surface area contributed by atoms with Crippen molar-refractivity contribution >= 4 is 6.29 Å². The third-order valence-electron chi connectivity index (χ3n) is 1.72. The van der Waals surface area contributed by atoms with E-state index in [-0.39, 0.29) is 5.82 Å². The number of hydrogen-bond donors (Lipinski definition) is 0. The maximum Gasteiger partial charge on any atom is 0.124 e. The van der Waals surface area contributed by atoms with Crippen LogP contribution < -0.4 is 0 Å². The fourth-order valence-corrected chi connectivity index (χ4v) is 1.13. The van der Waals surface area contributed by atoms with E-state index < -0.39 is 0 Å². The largest absolute Gasteiger partial charge is 0.303 e. The van der Waals surface area contributed by atoms with Gasteiger partial charge in [0.25, 0.3) is 0 Å². The first-order valence-corrected chi connectivity index (χ1v) is 4.07. The molecule has 0 amide bonds. The van der Waals surface area contributed by atoms with E-state index in [0.29, 0.717) is 12.8 Å². The summed E-state index contributed by atoms with van der Waals surface area (Å²) >= 11 is 0. The van der Waals surface area contributed by atoms with Crippen LogP contribution in [0.15, 0.2) is 36.4 Å². The number of rotatable bonds is 4. The van der Waals surface area contributed by atoms with Crippen LogP contribution in [0.4, 0.5) is 4.39 Å². The van der Waals surface area contributed by atoms with E-state index in [1.807, 2.05) is 6.07 Å². The highest BCUT2D eigenvalue weighted by Crippen LogP contribution is 2.09. The third kappa shape index (κ3) is 3.20. The molecule has 0 saturated heterocycles. The zero-order chi connectivity index (χ0) is 9.68. The lowest BCUT2D eigenvalue weighted by atomic mass is 10.0. The zero-order valence-corrected chi connectivity index (χ0v) is 7.29. The van der Waals surface area contributed by atoms with E-state index in [1.54, 1.807) is 6.07 Å². The Morgan fingerprint density at radius 1 is 1.54 bits per heavy atom. The molecular formula is C11H11FO. The highest BCUT2D eigenvalue weighted by molar-refractivity contribution is 5.54. The van der Waals surface area contributed by atoms with E-state index in [1.165, 1.54) is 12.1 Å². The summed E-state index contributed by atoms with van der Waals surface area (Å²) < 4.78 is 12.7. The van der Waals surface area contributed by atoms with Crippen molar-refractivity contribution in [1.82, 2.24) is 0 Å². The Labute approximate surface area is 76.9 Å². The lowest BCUT2D eigenvalue weighted by molar-refractivity contribution is -0.107. The van der Waals surface area contributed by atoms with Crippen molar-refractivity contribution in [3.63, 3.8) is 0 Å². The predicted molar refractivity (Wildman–Crippen MR) is 49.9 cm³/mol. The van der Waals surface area contributed by atoms with Gasteiger partial charge in [0, 0.05) is 6.42 Å². The molecule has 0 heterocycles. The van der Waals surface area contributed by atoms with Crippen molar-refractivity contribution in [1.29, 1.82) is 0 Å². The van der Waals surface area contributed by atoms with E-state index in [2.05, 4.69) is 6.58 Å². The zero-order valence-electron chi connectivity index (χ0n) is 7.29. The molecule has 0 aliphatic heterocycles. The standard InChI is InChI=1S/C11H11FO/c1-9(5-6-13)7-10-3-2-4-11(12)8-10/h2-4,6,8H,1,5,7H2. The summed E-state index contributed by atoms with van der Waals surface area (Å²) in [5, 5.41) is 0. The molecule has 68 valence electrons. The quantitative estimate of drug-likeness (QED) is 0.511. The van der Waals surface area contributed by atoms with E-state index in [9.17, 15) is 9.18 Å². The molecule has 0 radical (unpaired) electrons. The van der Waals surface area contributed by atoms with Crippen LogP contribution in [0.1, 0.15) is 12.0 Å². The Bertz CT molecular complexity index is 318. The van der Waals surface area contributed by atoms with Gasteiger partial charge in [0.15, 0.2) is 0 Å². The van der Waals surface area contributed by atoms with Crippen LogP contribution in [-0.2, 0) is 11.2 Å². The average Bonchev–Trinajstić information content (AvgIpc) is 2.04. The van der Waals surface area contributed by atoms with Gasteiger partial charge in [-0.3, -0.25) is 0 Å². The molecule has 0 unspecified atom stereocenters. The molecule has 1 nitrogen and oxygen atoms in total. The number of aldehydes is 1. The van der Waals surface area contributed by atoms with Gasteiger partial charge in [-0.1, -0.05) is 24.3 Å². The molecular weight excluding hydrogens is 167 g/mol. The van der Waals surface area contributed by atoms with Crippen molar-refractivity contribution in [2.24, 2.45) is 0 Å². The Morgan fingerprint density at radius 2 is 2.31 bits per heavy atom. The van der Waals surface area contributed by atoms with Crippen molar-refractivity contribution in [2.45, 2.75) is 12.8 Å². The molecule has 1 aromatic rings. The fourth-order valence-electron chi connectivity index (χ4n) is 1.13. The normalized spacial score (nSPS) is 9.62. The Morgan fingerprint density at radius 3 is 2.92 bits per heavy atom. The molecule has 0 bridgehead atoms. The lowest BCUT2D eigenvalue weighted by Crippen LogP contribution is -1.90. The summed E-state index contributed by atoms with van der Waals surface area (Å²) in [6.45, 7) is 3.72. The van der Waals surface area contributed by atoms with Gasteiger partial charge < -0.3 is 4.79 Å². The molecule has 13 heavy (non-hydrogen) atoms. The van der Waals surface area contributed by atoms with Gasteiger partial charge in [-0.2, -0.15) is 0 Å². The summed E-state index contributed by atoms with van der Waals surface area (Å²) in [5.41, 5.74) is 1.66. The van der Waals surface area contributed by atoms with E-state index in [4.69, 9.17) is 0 Å². The summed E-state index contributed by atoms with van der Waals surface area (Å²) in [6, 6.07) is 6.32. The molecule has 1 aromatic carbocycles. The van der Waals surface area contributed by atoms with Crippen LogP contribution in [0.25, 0.3) is 0 Å². The van der Waals surface area contributed by atoms with Gasteiger partial charge in [0.2, 0.25) is 0 Å². The van der Waals surface area contributed by atoms with Crippen LogP contribution in [-0.4, -0.2) is 6.29 Å². The van der Waals surface area contributed by atoms with Crippen molar-refractivity contribution in [3.05, 3.63) is 47.8 Å². The Balaban J connectivity index is 2.63. The first-order chi connectivity index (χ1) is 6.22. The van der Waals surface area contributed by atoms with Crippen LogP contribution >= 0.6 is 0 Å². The smallest absolute Gasteiger partial charge is 0.124 e. The fraction of sp³-hybridized carbons (Fsp3) is 0.182. The molecule has 0 aliphatic rings. The third-order valence-corrected chi connectivity index (χ3v) is 1.72. The van der Waals surface area contributed by atoms with Gasteiger partial charge in [-0.05, 0) is 24.1 Å². The molecule has 2 heteroatoms. The maximum atomic E-state index is 12.7. The molecule has 0 N–H and O–H groups in total. The van der Waals surface area contributed by atoms with Gasteiger partial charge in [-0.15, -0.1) is 0 Å². The van der Waals surface area contributed by atoms with Gasteiger partial charge in [-0.25, -0.2) is 4.39 Å². The van der Waals surface area contributed by atoms with Crippen LogP contribution in [0.5, 0.6) is 0 Å². The monoisotopic (exact) mass is 178 g/mol. The average molecular weight is 178 g/mol. The number of allylic oxidation sites excluding steroid dienone is 1. The van der Waals surface area contributed by atoms with Crippen molar-refractivity contribution in [2.75, 3.05) is 0 Å². The summed E-state index contributed by atoms with van der Waals surface area (Å²) in [4.78, 5) is 10.1. The molecule has 0 aromatic heterocycles. The molecule has 0 spiro atoms. The van der Waals surface area contributed by atoms with Gasteiger partial charge in [0.05, 0.1) is 0 Å². The van der Waals surface area contributed by atoms with Crippen LogP contribution in [0.2, 0.25) is 0 Å². The van der Waals surface area contributed by atoms with E-state index in [0.717, 1.165) is 17.4 Å². The summed E-state index contributed by atoms with van der Waals surface area (Å²) in [6.07, 6.45) is 1.72. The first-order valence-electron chi connectivity index (χ1n) is 4.07. The van der Waals surface area contributed by atoms with Crippen LogP contribution in [0.3, 0.4) is 0 Å². The first kappa shape index (κ1) is 9.65. The summed E-state index contributed by atoms with van der Waals surface area (Å²) in [5.74, 6) is -0.253. The Hall–Kier alpha value is -1.44. The number of carbonyl (C=O) groups excluding carboxylic acids is 1. The highest BCUT2D eigenvalue weighted by Gasteiger charge is 1.97. The number of hydrogen-bond acceptors (Lipinski definition) is 1. The van der Waals surface area contributed by atoms with Crippen molar-refractivity contribution < 1.29 is 9.18 Å². The second-order valence-electron chi connectivity index (χ2n) is 2.93. The van der Waals surface area contributed by atoms with Gasteiger partial charge >= 0.3 is 0 Å². The Kier molecular flexibility index (Phi) is 3.38. The molecule has 0 aliphatic carbocycles. The SMILES string of the molecule is C=C(CC=O)Cc1cccc(F)c1. The molecule has 0 atom stereocenters. The predicted octanol–water partition coefficient (Wildman–Crippen LogP) is 2.51. The molecule has 0 fully saturated rings. The van der Waals surface area contributed by atoms with Crippen LogP contribution in [0, 0.1) is 5.82 Å². The minimum absolute atomic E-state index is 0.253. The minimum atomic E-state index is -0.253. The van der Waals surface area contributed by atoms with Crippen molar-refractivity contribution in [3.8, 4) is 0 Å². The maximum absolute atomic E-state index is 12.7. The van der Waals surface area contributed by atoms with Gasteiger partial charge in [0.1, 0.15) is 12.1 Å². The number of benzene rings is 1. The lowest BCUT2D eigenvalue weighted by Gasteiger charge is -2.01. The minimum Gasteiger partial charge on any atom is -0.303 e. The molecule has 1 rings (SSSR count). The second kappa shape index (κ2) is 4.55. The number of halogens is 1. The summed E-state index contributed by atoms with van der Waals surface area (Å²) in [7, 11) is 0.